The van der Waals surface area contributed by atoms with Crippen LogP contribution in [0.5, 0.6) is 11.5 Å². The Balaban J connectivity index is 1.77. The van der Waals surface area contributed by atoms with Gasteiger partial charge >= 0.3 is 0 Å². The van der Waals surface area contributed by atoms with Gasteiger partial charge < -0.3 is 19.7 Å². The first-order valence-electron chi connectivity index (χ1n) is 10.2. The van der Waals surface area contributed by atoms with Crippen LogP contribution in [-0.2, 0) is 0 Å². The fourth-order valence-corrected chi connectivity index (χ4v) is 3.42. The van der Waals surface area contributed by atoms with Crippen molar-refractivity contribution in [2.45, 2.75) is 6.92 Å². The number of hydrogen-bond donors (Lipinski definition) is 2. The van der Waals surface area contributed by atoms with Gasteiger partial charge in [0, 0.05) is 54.4 Å². The molecule has 0 radical (unpaired) electrons. The van der Waals surface area contributed by atoms with E-state index in [1.807, 2.05) is 30.5 Å². The van der Waals surface area contributed by atoms with Crippen molar-refractivity contribution in [2.75, 3.05) is 38.8 Å². The molecule has 2 heterocycles. The number of rotatable bonds is 9. The van der Waals surface area contributed by atoms with Gasteiger partial charge in [-0.3, -0.25) is 10.1 Å². The summed E-state index contributed by atoms with van der Waals surface area (Å²) in [5.41, 5.74) is 5.33. The average Bonchev–Trinajstić information content (AvgIpc) is 3.36. The van der Waals surface area contributed by atoms with E-state index in [-0.39, 0.29) is 0 Å². The summed E-state index contributed by atoms with van der Waals surface area (Å²) in [7, 11) is 3.31. The number of aromatic nitrogens is 4. The van der Waals surface area contributed by atoms with Crippen molar-refractivity contribution in [3.8, 4) is 22.8 Å². The van der Waals surface area contributed by atoms with Crippen LogP contribution >= 0.6 is 0 Å². The fraction of sp³-hybridized carbons (Fsp3) is 0.261. The van der Waals surface area contributed by atoms with Crippen LogP contribution in [0.4, 0.5) is 11.4 Å². The summed E-state index contributed by atoms with van der Waals surface area (Å²) in [6, 6.07) is 12.0. The predicted octanol–water partition coefficient (Wildman–Crippen LogP) is 3.78. The number of nitrogens with zero attached hydrogens (tertiary/aromatic N) is 4. The van der Waals surface area contributed by atoms with Crippen molar-refractivity contribution in [3.63, 3.8) is 0 Å². The lowest BCUT2D eigenvalue weighted by Gasteiger charge is -2.26. The maximum atomic E-state index is 5.48. The number of benzene rings is 2. The molecule has 160 valence electrons. The first kappa shape index (κ1) is 20.6. The van der Waals surface area contributed by atoms with E-state index in [2.05, 4.69) is 44.5 Å². The summed E-state index contributed by atoms with van der Waals surface area (Å²) in [5.74, 6) is 1.48. The molecule has 0 bridgehead atoms. The van der Waals surface area contributed by atoms with Gasteiger partial charge in [-0.05, 0) is 24.7 Å². The third kappa shape index (κ3) is 4.59. The van der Waals surface area contributed by atoms with Crippen LogP contribution in [0.15, 0.2) is 55.0 Å². The Bertz CT molecular complexity index is 1120. The zero-order valence-electron chi connectivity index (χ0n) is 17.9. The Kier molecular flexibility index (Phi) is 6.28. The number of ether oxygens (including phenoxy) is 2. The molecule has 8 nitrogen and oxygen atoms in total. The van der Waals surface area contributed by atoms with E-state index in [0.717, 1.165) is 64.8 Å². The molecule has 0 saturated heterocycles. The molecule has 31 heavy (non-hydrogen) atoms. The van der Waals surface area contributed by atoms with Crippen LogP contribution in [0, 0.1) is 0 Å². The fourth-order valence-electron chi connectivity index (χ4n) is 3.42. The lowest BCUT2D eigenvalue weighted by atomic mass is 10.2. The third-order valence-electron chi connectivity index (χ3n) is 5.04. The van der Waals surface area contributed by atoms with Crippen molar-refractivity contribution in [2.24, 2.45) is 0 Å². The Hall–Kier alpha value is -3.65. The highest BCUT2D eigenvalue weighted by Crippen LogP contribution is 2.33. The molecule has 0 fully saturated rings. The van der Waals surface area contributed by atoms with Gasteiger partial charge in [-0.2, -0.15) is 5.10 Å². The highest BCUT2D eigenvalue weighted by Gasteiger charge is 2.14. The lowest BCUT2D eigenvalue weighted by molar-refractivity contribution is 0.394. The number of hydrogen-bond acceptors (Lipinski definition) is 7. The minimum absolute atomic E-state index is 0.741. The summed E-state index contributed by atoms with van der Waals surface area (Å²) in [6.07, 6.45) is 5.32. The van der Waals surface area contributed by atoms with Crippen LogP contribution in [0.3, 0.4) is 0 Å². The van der Waals surface area contributed by atoms with Gasteiger partial charge in [0.1, 0.15) is 11.5 Å². The molecule has 4 aromatic rings. The van der Waals surface area contributed by atoms with Gasteiger partial charge in [0.2, 0.25) is 0 Å². The zero-order chi connectivity index (χ0) is 21.6. The molecule has 0 aliphatic rings. The van der Waals surface area contributed by atoms with Gasteiger partial charge in [-0.25, -0.2) is 4.98 Å². The van der Waals surface area contributed by atoms with Crippen molar-refractivity contribution < 1.29 is 9.47 Å². The number of methoxy groups -OCH3 is 2. The molecule has 2 N–H and O–H groups in total. The highest BCUT2D eigenvalue weighted by molar-refractivity contribution is 5.82. The van der Waals surface area contributed by atoms with Gasteiger partial charge in [0.25, 0.3) is 0 Å². The molecule has 0 aliphatic carbocycles. The van der Waals surface area contributed by atoms with Crippen LogP contribution in [0.25, 0.3) is 22.3 Å². The van der Waals surface area contributed by atoms with Gasteiger partial charge in [0.15, 0.2) is 0 Å². The molecular formula is C23H26N6O2. The molecule has 0 aliphatic heterocycles. The predicted molar refractivity (Wildman–Crippen MR) is 122 cm³/mol. The molecule has 0 saturated carbocycles. The molecule has 2 aromatic carbocycles. The van der Waals surface area contributed by atoms with Crippen molar-refractivity contribution in [1.29, 1.82) is 0 Å². The molecule has 0 atom stereocenters. The number of anilines is 2. The lowest BCUT2D eigenvalue weighted by Crippen LogP contribution is -2.28. The summed E-state index contributed by atoms with van der Waals surface area (Å²) in [6.45, 7) is 4.60. The zero-order valence-corrected chi connectivity index (χ0v) is 17.9. The maximum Gasteiger partial charge on any atom is 0.124 e. The van der Waals surface area contributed by atoms with Gasteiger partial charge in [0.05, 0.1) is 43.3 Å². The molecule has 4 rings (SSSR count). The summed E-state index contributed by atoms with van der Waals surface area (Å²) >= 11 is 0. The Morgan fingerprint density at radius 1 is 0.968 bits per heavy atom. The number of likely N-dealkylation sites (N-methyl/N-ethyl adjacent to an activating group) is 1. The van der Waals surface area contributed by atoms with Crippen molar-refractivity contribution in [3.05, 3.63) is 55.0 Å². The first-order valence-corrected chi connectivity index (χ1v) is 10.2. The topological polar surface area (TPSA) is 88.2 Å². The molecule has 8 heteroatoms. The average molecular weight is 419 g/mol. The monoisotopic (exact) mass is 418 g/mol. The largest absolute Gasteiger partial charge is 0.497 e. The summed E-state index contributed by atoms with van der Waals surface area (Å²) in [4.78, 5) is 11.6. The number of H-pyrrole nitrogens is 1. The Morgan fingerprint density at radius 3 is 2.45 bits per heavy atom. The van der Waals surface area contributed by atoms with Gasteiger partial charge in [-0.15, -0.1) is 0 Å². The summed E-state index contributed by atoms with van der Waals surface area (Å²) in [5, 5.41) is 10.2. The SMILES string of the molecule is CCNCCN(c1cc(OC)cc(OC)c1)c1ccc2ncc(-c3cn[nH]c3)nc2c1. The van der Waals surface area contributed by atoms with E-state index in [9.17, 15) is 0 Å². The van der Waals surface area contributed by atoms with E-state index in [0.29, 0.717) is 0 Å². The van der Waals surface area contributed by atoms with Crippen LogP contribution in [-0.4, -0.2) is 54.0 Å². The minimum atomic E-state index is 0.741. The molecule has 2 aromatic heterocycles. The quantitative estimate of drug-likeness (QED) is 0.400. The summed E-state index contributed by atoms with van der Waals surface area (Å²) < 4.78 is 11.0. The Labute approximate surface area is 181 Å². The third-order valence-corrected chi connectivity index (χ3v) is 5.04. The number of aromatic amines is 1. The van der Waals surface area contributed by atoms with Crippen molar-refractivity contribution in [1.82, 2.24) is 25.5 Å². The second-order valence-corrected chi connectivity index (χ2v) is 6.99. The van der Waals surface area contributed by atoms with E-state index in [1.165, 1.54) is 0 Å². The van der Waals surface area contributed by atoms with E-state index < -0.39 is 0 Å². The van der Waals surface area contributed by atoms with Crippen LogP contribution < -0.4 is 19.7 Å². The number of fused-ring (bicyclic) bond motifs is 1. The van der Waals surface area contributed by atoms with Crippen LogP contribution in [0.1, 0.15) is 6.92 Å². The van der Waals surface area contributed by atoms with Crippen molar-refractivity contribution >= 4 is 22.4 Å². The highest BCUT2D eigenvalue weighted by atomic mass is 16.5. The second-order valence-electron chi connectivity index (χ2n) is 6.99. The Morgan fingerprint density at radius 2 is 1.77 bits per heavy atom. The second kappa shape index (κ2) is 9.44. The molecule has 0 spiro atoms. The minimum Gasteiger partial charge on any atom is -0.497 e. The van der Waals surface area contributed by atoms with E-state index in [4.69, 9.17) is 14.5 Å². The molecule has 0 amide bonds. The normalized spacial score (nSPS) is 10.9. The first-order chi connectivity index (χ1) is 15.2. The maximum absolute atomic E-state index is 5.48. The smallest absolute Gasteiger partial charge is 0.124 e. The van der Waals surface area contributed by atoms with E-state index >= 15 is 0 Å². The standard InChI is InChI=1S/C23H26N6O2/c1-4-24-7-8-29(18-9-19(30-2)12-20(10-18)31-3)17-5-6-21-22(11-17)28-23(15-25-21)16-13-26-27-14-16/h5-6,9-15,24H,4,7-8H2,1-3H3,(H,26,27). The van der Waals surface area contributed by atoms with Crippen LogP contribution in [0.2, 0.25) is 0 Å². The van der Waals surface area contributed by atoms with Gasteiger partial charge in [-0.1, -0.05) is 6.92 Å². The number of nitrogens with one attached hydrogen (secondary N) is 2. The van der Waals surface area contributed by atoms with E-state index in [1.54, 1.807) is 26.6 Å². The molecular weight excluding hydrogens is 392 g/mol. The molecule has 0 unspecified atom stereocenters.